The summed E-state index contributed by atoms with van der Waals surface area (Å²) < 4.78 is 1.84. The number of rotatable bonds is 4. The Balaban J connectivity index is 1.76. The molecule has 0 radical (unpaired) electrons. The number of aryl methyl sites for hydroxylation is 1. The molecule has 2 heterocycles. The first-order valence-electron chi connectivity index (χ1n) is 6.66. The fourth-order valence-corrected chi connectivity index (χ4v) is 2.49. The third-order valence-electron chi connectivity index (χ3n) is 3.70. The van der Waals surface area contributed by atoms with Crippen LogP contribution in [0.4, 0.5) is 0 Å². The molecule has 2 unspecified atom stereocenters. The number of hydrogen-bond donors (Lipinski definition) is 2. The first-order chi connectivity index (χ1) is 8.68. The van der Waals surface area contributed by atoms with Crippen molar-refractivity contribution in [2.75, 3.05) is 13.1 Å². The predicted octanol–water partition coefficient (Wildman–Crippen LogP) is 0.467. The van der Waals surface area contributed by atoms with Crippen LogP contribution in [0.1, 0.15) is 25.5 Å². The summed E-state index contributed by atoms with van der Waals surface area (Å²) in [4.78, 5) is 12.0. The Morgan fingerprint density at radius 2 is 2.50 bits per heavy atom. The molecule has 0 saturated carbocycles. The Labute approximate surface area is 108 Å². The zero-order chi connectivity index (χ0) is 13.0. The standard InChI is InChI=1S/C13H22N4O/c1-10-12(4-3-7-14-10)13(18)15-8-5-11-6-9-16-17(11)2/h6,9-10,12,14H,3-5,7-8H2,1-2H3,(H,15,18). The maximum absolute atomic E-state index is 12.0. The topological polar surface area (TPSA) is 59.0 Å². The number of nitrogens with one attached hydrogen (secondary N) is 2. The Kier molecular flexibility index (Phi) is 4.36. The highest BCUT2D eigenvalue weighted by atomic mass is 16.1. The first kappa shape index (κ1) is 13.1. The molecular formula is C13H22N4O. The van der Waals surface area contributed by atoms with Crippen molar-refractivity contribution < 1.29 is 4.79 Å². The van der Waals surface area contributed by atoms with Crippen molar-refractivity contribution >= 4 is 5.91 Å². The smallest absolute Gasteiger partial charge is 0.224 e. The summed E-state index contributed by atoms with van der Waals surface area (Å²) in [7, 11) is 1.92. The van der Waals surface area contributed by atoms with E-state index in [0.717, 1.165) is 31.5 Å². The molecule has 0 spiro atoms. The van der Waals surface area contributed by atoms with Crippen LogP contribution >= 0.6 is 0 Å². The summed E-state index contributed by atoms with van der Waals surface area (Å²) in [5.41, 5.74) is 1.14. The number of aromatic nitrogens is 2. The molecule has 1 aliphatic heterocycles. The van der Waals surface area contributed by atoms with E-state index in [1.165, 1.54) is 0 Å². The number of piperidine rings is 1. The Morgan fingerprint density at radius 1 is 1.67 bits per heavy atom. The van der Waals surface area contributed by atoms with Gasteiger partial charge in [0.2, 0.25) is 5.91 Å². The van der Waals surface area contributed by atoms with Crippen molar-refractivity contribution in [1.82, 2.24) is 20.4 Å². The van der Waals surface area contributed by atoms with Gasteiger partial charge in [-0.1, -0.05) is 0 Å². The molecule has 2 atom stereocenters. The van der Waals surface area contributed by atoms with Crippen LogP contribution < -0.4 is 10.6 Å². The molecule has 1 aliphatic rings. The summed E-state index contributed by atoms with van der Waals surface area (Å²) in [6.45, 7) is 3.80. The van der Waals surface area contributed by atoms with Gasteiger partial charge in [-0.15, -0.1) is 0 Å². The van der Waals surface area contributed by atoms with Gasteiger partial charge in [0.15, 0.2) is 0 Å². The number of nitrogens with zero attached hydrogens (tertiary/aromatic N) is 2. The van der Waals surface area contributed by atoms with E-state index in [1.54, 1.807) is 6.20 Å². The second-order valence-corrected chi connectivity index (χ2v) is 4.98. The summed E-state index contributed by atoms with van der Waals surface area (Å²) >= 11 is 0. The highest BCUT2D eigenvalue weighted by molar-refractivity contribution is 5.79. The van der Waals surface area contributed by atoms with E-state index in [-0.39, 0.29) is 17.9 Å². The second kappa shape index (κ2) is 6.00. The SMILES string of the molecule is CC1NCCCC1C(=O)NCCc1ccnn1C. The maximum Gasteiger partial charge on any atom is 0.224 e. The molecular weight excluding hydrogens is 228 g/mol. The summed E-state index contributed by atoms with van der Waals surface area (Å²) in [5, 5.41) is 10.5. The lowest BCUT2D eigenvalue weighted by Gasteiger charge is -2.28. The van der Waals surface area contributed by atoms with Crippen molar-refractivity contribution in [2.24, 2.45) is 13.0 Å². The number of carbonyl (C=O) groups is 1. The summed E-state index contributed by atoms with van der Waals surface area (Å²) in [5.74, 6) is 0.294. The van der Waals surface area contributed by atoms with Gasteiger partial charge < -0.3 is 10.6 Å². The van der Waals surface area contributed by atoms with Crippen LogP contribution in [-0.2, 0) is 18.3 Å². The molecule has 1 aromatic heterocycles. The van der Waals surface area contributed by atoms with E-state index < -0.39 is 0 Å². The van der Waals surface area contributed by atoms with Crippen molar-refractivity contribution in [3.05, 3.63) is 18.0 Å². The molecule has 18 heavy (non-hydrogen) atoms. The molecule has 5 heteroatoms. The van der Waals surface area contributed by atoms with Gasteiger partial charge in [0.05, 0.1) is 5.92 Å². The predicted molar refractivity (Wildman–Crippen MR) is 70.1 cm³/mol. The second-order valence-electron chi connectivity index (χ2n) is 4.98. The molecule has 0 bridgehead atoms. The minimum Gasteiger partial charge on any atom is -0.355 e. The van der Waals surface area contributed by atoms with Gasteiger partial charge in [0.1, 0.15) is 0 Å². The van der Waals surface area contributed by atoms with Gasteiger partial charge >= 0.3 is 0 Å². The van der Waals surface area contributed by atoms with E-state index >= 15 is 0 Å². The fraction of sp³-hybridized carbons (Fsp3) is 0.692. The lowest BCUT2D eigenvalue weighted by Crippen LogP contribution is -2.47. The third kappa shape index (κ3) is 3.10. The highest BCUT2D eigenvalue weighted by Crippen LogP contribution is 2.16. The molecule has 1 saturated heterocycles. The minimum absolute atomic E-state index is 0.116. The molecule has 1 fully saturated rings. The Hall–Kier alpha value is -1.36. The monoisotopic (exact) mass is 250 g/mol. The van der Waals surface area contributed by atoms with Crippen LogP contribution in [0.25, 0.3) is 0 Å². The van der Waals surface area contributed by atoms with Crippen molar-refractivity contribution in [3.8, 4) is 0 Å². The van der Waals surface area contributed by atoms with Crippen LogP contribution in [-0.4, -0.2) is 34.8 Å². The number of hydrogen-bond acceptors (Lipinski definition) is 3. The van der Waals surface area contributed by atoms with Gasteiger partial charge in [-0.3, -0.25) is 9.48 Å². The maximum atomic E-state index is 12.0. The van der Waals surface area contributed by atoms with E-state index in [4.69, 9.17) is 0 Å². The molecule has 1 aromatic rings. The zero-order valence-corrected chi connectivity index (χ0v) is 11.1. The molecule has 1 amide bonds. The van der Waals surface area contributed by atoms with E-state index in [2.05, 4.69) is 22.7 Å². The molecule has 5 nitrogen and oxygen atoms in total. The number of amides is 1. The van der Waals surface area contributed by atoms with Crippen LogP contribution in [0.15, 0.2) is 12.3 Å². The molecule has 0 aliphatic carbocycles. The van der Waals surface area contributed by atoms with Gasteiger partial charge in [-0.05, 0) is 32.4 Å². The lowest BCUT2D eigenvalue weighted by atomic mass is 9.91. The van der Waals surface area contributed by atoms with E-state index in [1.807, 2.05) is 17.8 Å². The van der Waals surface area contributed by atoms with Crippen LogP contribution in [0.2, 0.25) is 0 Å². The average molecular weight is 250 g/mol. The van der Waals surface area contributed by atoms with Crippen molar-refractivity contribution in [3.63, 3.8) is 0 Å². The molecule has 0 aromatic carbocycles. The van der Waals surface area contributed by atoms with Gasteiger partial charge in [0, 0.05) is 37.9 Å². The fourth-order valence-electron chi connectivity index (χ4n) is 2.49. The van der Waals surface area contributed by atoms with Crippen LogP contribution in [0.5, 0.6) is 0 Å². The molecule has 2 rings (SSSR count). The van der Waals surface area contributed by atoms with E-state index in [0.29, 0.717) is 6.54 Å². The Morgan fingerprint density at radius 3 is 3.17 bits per heavy atom. The molecule has 2 N–H and O–H groups in total. The van der Waals surface area contributed by atoms with Crippen molar-refractivity contribution in [2.45, 2.75) is 32.2 Å². The normalized spacial score (nSPS) is 23.9. The first-order valence-corrected chi connectivity index (χ1v) is 6.66. The average Bonchev–Trinajstić information content (AvgIpc) is 2.75. The highest BCUT2D eigenvalue weighted by Gasteiger charge is 2.26. The van der Waals surface area contributed by atoms with Crippen LogP contribution in [0, 0.1) is 5.92 Å². The van der Waals surface area contributed by atoms with Crippen LogP contribution in [0.3, 0.4) is 0 Å². The minimum atomic E-state index is 0.116. The number of carbonyl (C=O) groups excluding carboxylic acids is 1. The van der Waals surface area contributed by atoms with Gasteiger partial charge in [-0.25, -0.2) is 0 Å². The third-order valence-corrected chi connectivity index (χ3v) is 3.70. The largest absolute Gasteiger partial charge is 0.355 e. The summed E-state index contributed by atoms with van der Waals surface area (Å²) in [6.07, 6.45) is 4.69. The van der Waals surface area contributed by atoms with Gasteiger partial charge in [0.25, 0.3) is 0 Å². The lowest BCUT2D eigenvalue weighted by molar-refractivity contribution is -0.126. The Bertz CT molecular complexity index is 401. The van der Waals surface area contributed by atoms with Crippen molar-refractivity contribution in [1.29, 1.82) is 0 Å². The molecule has 100 valence electrons. The van der Waals surface area contributed by atoms with Gasteiger partial charge in [-0.2, -0.15) is 5.10 Å². The van der Waals surface area contributed by atoms with E-state index in [9.17, 15) is 4.79 Å². The summed E-state index contributed by atoms with van der Waals surface area (Å²) in [6, 6.07) is 2.27. The quantitative estimate of drug-likeness (QED) is 0.816. The zero-order valence-electron chi connectivity index (χ0n) is 11.1.